The van der Waals surface area contributed by atoms with Crippen LogP contribution in [-0.2, 0) is 35.8 Å². The molecule has 1 saturated carbocycles. The van der Waals surface area contributed by atoms with Gasteiger partial charge in [0, 0.05) is 59.0 Å². The molecule has 0 aromatic carbocycles. The third-order valence-electron chi connectivity index (χ3n) is 6.38. The molecule has 3 unspecified atom stereocenters. The maximum atomic E-state index is 10.4. The zero-order valence-corrected chi connectivity index (χ0v) is 42.5. The van der Waals surface area contributed by atoms with Gasteiger partial charge in [0.1, 0.15) is 18.2 Å². The van der Waals surface area contributed by atoms with Gasteiger partial charge in [0.15, 0.2) is 5.78 Å². The van der Waals surface area contributed by atoms with Crippen molar-refractivity contribution in [2.45, 2.75) is 189 Å². The number of nitrogens with zero attached hydrogens (tertiary/aromatic N) is 4. The van der Waals surface area contributed by atoms with Gasteiger partial charge in [-0.15, -0.1) is 0 Å². The van der Waals surface area contributed by atoms with Crippen molar-refractivity contribution in [1.82, 2.24) is 30.8 Å². The second kappa shape index (κ2) is 51.4. The van der Waals surface area contributed by atoms with E-state index in [1.165, 1.54) is 27.9 Å². The van der Waals surface area contributed by atoms with Crippen LogP contribution in [0.15, 0.2) is 24.3 Å². The molecule has 2 rings (SSSR count). The number of amides is 2. The fourth-order valence-corrected chi connectivity index (χ4v) is 3.98. The molecule has 60 heavy (non-hydrogen) atoms. The van der Waals surface area contributed by atoms with Gasteiger partial charge < -0.3 is 30.6 Å². The first-order chi connectivity index (χ1) is 27.7. The number of aliphatic hydroxyl groups is 1. The smallest absolute Gasteiger partial charge is 0.242 e. The zero-order valence-electron chi connectivity index (χ0n) is 42.5. The number of Topliss-reactive ketones (excluding diaryl/α,β-unsaturated/α-hetero) is 3. The van der Waals surface area contributed by atoms with Crippen LogP contribution in [-0.4, -0.2) is 92.9 Å². The normalized spacial score (nSPS) is 13.4. The van der Waals surface area contributed by atoms with Gasteiger partial charge >= 0.3 is 0 Å². The van der Waals surface area contributed by atoms with Crippen LogP contribution < -0.4 is 16.0 Å². The van der Waals surface area contributed by atoms with E-state index in [1.807, 2.05) is 62.3 Å². The summed E-state index contributed by atoms with van der Waals surface area (Å²) in [5, 5.41) is 27.6. The Hall–Kier alpha value is -3.78. The lowest BCUT2D eigenvalue weighted by Crippen LogP contribution is -2.27. The molecule has 1 aromatic rings. The van der Waals surface area contributed by atoms with Gasteiger partial charge in [0.05, 0.1) is 6.10 Å². The number of ketones is 3. The molecule has 0 radical (unpaired) electrons. The van der Waals surface area contributed by atoms with E-state index in [1.54, 1.807) is 25.6 Å². The van der Waals surface area contributed by atoms with Crippen molar-refractivity contribution in [1.29, 1.82) is 0 Å². The molecule has 14 heteroatoms. The number of allylic oxidation sites excluding steroid dienone is 4. The number of tetrazole rings is 1. The number of aliphatic hydroxyl groups excluding tert-OH is 1. The van der Waals surface area contributed by atoms with E-state index in [0.29, 0.717) is 23.6 Å². The van der Waals surface area contributed by atoms with E-state index in [9.17, 15) is 24.0 Å². The predicted octanol–water partition coefficient (Wildman–Crippen LogP) is 9.14. The number of methoxy groups -OCH3 is 1. The van der Waals surface area contributed by atoms with Crippen molar-refractivity contribution < 1.29 is 33.8 Å². The molecule has 0 saturated heterocycles. The lowest BCUT2D eigenvalue weighted by Gasteiger charge is -2.02. The van der Waals surface area contributed by atoms with E-state index >= 15 is 0 Å². The van der Waals surface area contributed by atoms with Crippen LogP contribution in [0.1, 0.15) is 171 Å². The number of ether oxygens (including phenoxy) is 1. The highest BCUT2D eigenvalue weighted by atomic mass is 16.5. The number of carbonyl (C=O) groups excluding carboxylic acids is 5. The standard InChI is InChI=1S/C6H10O.2C6H12.2C5H11NO.C5H12O.C5H10O.C4H9N5.C4H8O2/c1-4-3-6(4)5(2)7;2*1-4-5-6(2)3;2*1-4(2)6-5(3)7;2*1-3-4-5(2)6;1-3-5-4-6-7-8-9(4)2;1-4(5)3-6-2/h4,6H,3H2,1-2H3;2*4-6H,1-3H3;2*4H,1-3H3,(H,6,7);5-6H,3-4H2,1-2H3;3-4H2,1-2H3;3H2,1-2H3,(H,5,6,8);3H2,1-2H3. The third kappa shape index (κ3) is 86.2. The van der Waals surface area contributed by atoms with Gasteiger partial charge in [0.25, 0.3) is 0 Å². The molecule has 1 aliphatic rings. The minimum atomic E-state index is -0.102. The third-order valence-corrected chi connectivity index (χ3v) is 6.38. The van der Waals surface area contributed by atoms with Crippen molar-refractivity contribution in [3.8, 4) is 0 Å². The summed E-state index contributed by atoms with van der Waals surface area (Å²) in [4.78, 5) is 50.7. The van der Waals surface area contributed by atoms with Gasteiger partial charge in [-0.2, -0.15) is 0 Å². The van der Waals surface area contributed by atoms with Crippen molar-refractivity contribution in [2.24, 2.45) is 30.7 Å². The monoisotopic (exact) mass is 858 g/mol. The Labute approximate surface area is 368 Å². The Morgan fingerprint density at radius 2 is 1.20 bits per heavy atom. The average Bonchev–Trinajstić information content (AvgIpc) is 3.69. The largest absolute Gasteiger partial charge is 0.393 e. The molecular weight excluding hydrogens is 763 g/mol. The van der Waals surface area contributed by atoms with Gasteiger partial charge in [-0.25, -0.2) is 4.68 Å². The van der Waals surface area contributed by atoms with Gasteiger partial charge in [-0.05, 0) is 124 Å². The fraction of sp³-hybridized carbons (Fsp3) is 0.783. The predicted molar refractivity (Wildman–Crippen MR) is 253 cm³/mol. The maximum absolute atomic E-state index is 10.4. The lowest BCUT2D eigenvalue weighted by molar-refractivity contribution is -0.121. The number of aryl methyl sites for hydroxylation is 1. The van der Waals surface area contributed by atoms with Gasteiger partial charge in [0.2, 0.25) is 17.8 Å². The number of hydrogen-bond donors (Lipinski definition) is 4. The van der Waals surface area contributed by atoms with Crippen LogP contribution in [0.25, 0.3) is 0 Å². The molecular formula is C46H95N7O7. The van der Waals surface area contributed by atoms with Crippen LogP contribution in [0.3, 0.4) is 0 Å². The highest BCUT2D eigenvalue weighted by molar-refractivity contribution is 5.81. The van der Waals surface area contributed by atoms with Crippen molar-refractivity contribution in [3.63, 3.8) is 0 Å². The number of anilines is 1. The van der Waals surface area contributed by atoms with Crippen molar-refractivity contribution in [3.05, 3.63) is 24.3 Å². The first-order valence-electron chi connectivity index (χ1n) is 21.6. The van der Waals surface area contributed by atoms with E-state index < -0.39 is 0 Å². The Morgan fingerprint density at radius 3 is 1.27 bits per heavy atom. The Bertz CT molecular complexity index is 1140. The second-order valence-corrected chi connectivity index (χ2v) is 15.6. The molecule has 2 amide bonds. The second-order valence-electron chi connectivity index (χ2n) is 15.6. The molecule has 1 aliphatic carbocycles. The van der Waals surface area contributed by atoms with Crippen LogP contribution in [0.5, 0.6) is 0 Å². The minimum absolute atomic E-state index is 0.0370. The summed E-state index contributed by atoms with van der Waals surface area (Å²) in [5.74, 6) is 4.06. The summed E-state index contributed by atoms with van der Waals surface area (Å²) in [5.41, 5.74) is 0. The summed E-state index contributed by atoms with van der Waals surface area (Å²) in [6, 6.07) is 0.551. The molecule has 1 fully saturated rings. The summed E-state index contributed by atoms with van der Waals surface area (Å²) in [6.07, 6.45) is 13.2. The molecule has 14 nitrogen and oxygen atoms in total. The first kappa shape index (κ1) is 70.8. The Morgan fingerprint density at radius 1 is 0.783 bits per heavy atom. The van der Waals surface area contributed by atoms with Crippen LogP contribution in [0.2, 0.25) is 0 Å². The van der Waals surface area contributed by atoms with E-state index in [4.69, 9.17) is 5.11 Å². The number of hydrogen-bond acceptors (Lipinski definition) is 11. The topological polar surface area (TPSA) is 194 Å². The highest BCUT2D eigenvalue weighted by Gasteiger charge is 2.36. The molecule has 0 aliphatic heterocycles. The number of rotatable bonds is 13. The van der Waals surface area contributed by atoms with Crippen LogP contribution >= 0.6 is 0 Å². The molecule has 1 heterocycles. The van der Waals surface area contributed by atoms with Crippen LogP contribution in [0, 0.1) is 23.7 Å². The van der Waals surface area contributed by atoms with Crippen molar-refractivity contribution in [2.75, 3.05) is 25.6 Å². The van der Waals surface area contributed by atoms with E-state index in [0.717, 1.165) is 50.5 Å². The molecule has 1 aromatic heterocycles. The average molecular weight is 858 g/mol. The summed E-state index contributed by atoms with van der Waals surface area (Å²) < 4.78 is 6.04. The SMILES string of the molecule is CC(=O)C1CC1C.CC(=O)NC(C)C.CC(=O)NC(C)C.CC=CC(C)C.CC=CC(C)C.CCCC(C)=O.CCCC(C)O.CCNc1nnnn1C.COCC(C)=O. The Balaban J connectivity index is -0.000000106. The van der Waals surface area contributed by atoms with Crippen LogP contribution in [0.4, 0.5) is 5.95 Å². The summed E-state index contributed by atoms with van der Waals surface area (Å²) in [6.45, 7) is 39.3. The highest BCUT2D eigenvalue weighted by Crippen LogP contribution is 2.37. The lowest BCUT2D eigenvalue weighted by atomic mass is 10.2. The van der Waals surface area contributed by atoms with Gasteiger partial charge in [-0.3, -0.25) is 19.2 Å². The maximum Gasteiger partial charge on any atom is 0.242 e. The summed E-state index contributed by atoms with van der Waals surface area (Å²) in [7, 11) is 3.29. The van der Waals surface area contributed by atoms with Gasteiger partial charge in [-0.1, -0.05) is 84.3 Å². The number of carbonyl (C=O) groups is 5. The first-order valence-corrected chi connectivity index (χ1v) is 21.6. The molecule has 0 bridgehead atoms. The molecule has 3 atom stereocenters. The van der Waals surface area contributed by atoms with E-state index in [2.05, 4.69) is 102 Å². The fourth-order valence-electron chi connectivity index (χ4n) is 3.98. The number of aromatic nitrogens is 4. The van der Waals surface area contributed by atoms with Crippen molar-refractivity contribution >= 4 is 35.1 Å². The van der Waals surface area contributed by atoms with E-state index in [-0.39, 0.29) is 48.2 Å². The minimum Gasteiger partial charge on any atom is -0.393 e. The summed E-state index contributed by atoms with van der Waals surface area (Å²) >= 11 is 0. The number of nitrogens with one attached hydrogen (secondary N) is 3. The zero-order chi connectivity index (χ0) is 48.8. The molecule has 4 N–H and O–H groups in total. The molecule has 0 spiro atoms. The Kier molecular flexibility index (Phi) is 60.6. The molecule has 356 valence electrons. The quantitative estimate of drug-likeness (QED) is 0.138.